The van der Waals surface area contributed by atoms with Crippen molar-refractivity contribution >= 4 is 16.3 Å². The number of hydrogen-bond donors (Lipinski definition) is 0. The normalized spacial score (nSPS) is 12.4. The molecule has 3 aromatic rings. The molecule has 0 unspecified atom stereocenters. The minimum absolute atomic E-state index is 0.549. The zero-order valence-corrected chi connectivity index (χ0v) is 14.4. The summed E-state index contributed by atoms with van der Waals surface area (Å²) in [6.45, 7) is 0. The van der Waals surface area contributed by atoms with E-state index >= 15 is 0 Å². The molecule has 0 aliphatic carbocycles. The van der Waals surface area contributed by atoms with Gasteiger partial charge in [0.25, 0.3) is 0 Å². The molecule has 134 valence electrons. The van der Waals surface area contributed by atoms with Crippen molar-refractivity contribution in [3.05, 3.63) is 91.0 Å². The van der Waals surface area contributed by atoms with Gasteiger partial charge >= 0.3 is 12.1 Å². The Balaban J connectivity index is 2.30. The summed E-state index contributed by atoms with van der Waals surface area (Å²) in [6.07, 6.45) is -4.98. The summed E-state index contributed by atoms with van der Waals surface area (Å²) in [4.78, 5) is 11.3. The summed E-state index contributed by atoms with van der Waals surface area (Å²) in [5.74, 6) is -1.95. The Kier molecular flexibility index (Phi) is 5.04. The predicted octanol–water partition coefficient (Wildman–Crippen LogP) is 5.96. The molecule has 0 spiro atoms. The van der Waals surface area contributed by atoms with E-state index in [0.717, 1.165) is 0 Å². The maximum absolute atomic E-state index is 13.1. The van der Waals surface area contributed by atoms with Crippen LogP contribution >= 0.6 is 10.3 Å². The molecule has 0 fully saturated rings. The Bertz CT molecular complexity index is 769. The highest BCUT2D eigenvalue weighted by Gasteiger charge is 2.55. The lowest BCUT2D eigenvalue weighted by Crippen LogP contribution is -2.27. The Morgan fingerprint density at radius 1 is 0.654 bits per heavy atom. The summed E-state index contributed by atoms with van der Waals surface area (Å²) in [7, 11) is -2.82. The summed E-state index contributed by atoms with van der Waals surface area (Å²) in [5.41, 5.74) is 0. The van der Waals surface area contributed by atoms with Crippen LogP contribution in [0.5, 0.6) is 0 Å². The highest BCUT2D eigenvalue weighted by Crippen LogP contribution is 2.69. The third-order valence-electron chi connectivity index (χ3n) is 3.67. The second-order valence-electron chi connectivity index (χ2n) is 5.38. The first kappa shape index (κ1) is 18.1. The summed E-state index contributed by atoms with van der Waals surface area (Å²) in [6, 6.07) is 26.0. The van der Waals surface area contributed by atoms with Gasteiger partial charge in [0.1, 0.15) is 0 Å². The number of benzene rings is 3. The largest absolute Gasteiger partial charge is 0.607 e. The fraction of sp³-hybridized carbons (Fsp3) is 0.0500. The molecule has 0 saturated heterocycles. The minimum atomic E-state index is -4.98. The quantitative estimate of drug-likeness (QED) is 0.516. The van der Waals surface area contributed by atoms with Crippen LogP contribution in [0.4, 0.5) is 13.2 Å². The molecular formula is C20H16F3O2S+. The molecule has 26 heavy (non-hydrogen) atoms. The Morgan fingerprint density at radius 3 is 1.23 bits per heavy atom. The molecule has 1 N–H and O–H groups in total. The van der Waals surface area contributed by atoms with E-state index in [9.17, 15) is 18.0 Å². The van der Waals surface area contributed by atoms with Crippen LogP contribution < -0.4 is 0 Å². The molecule has 6 heteroatoms. The zero-order chi connectivity index (χ0) is 18.6. The highest BCUT2D eigenvalue weighted by atomic mass is 32.3. The topological polar surface area (TPSA) is 30.6 Å². The van der Waals surface area contributed by atoms with Crippen molar-refractivity contribution in [1.29, 1.82) is 0 Å². The monoisotopic (exact) mass is 377 g/mol. The summed E-state index contributed by atoms with van der Waals surface area (Å²) >= 11 is 0. The van der Waals surface area contributed by atoms with Gasteiger partial charge in [0.2, 0.25) is 0 Å². The first-order valence-electron chi connectivity index (χ1n) is 7.76. The van der Waals surface area contributed by atoms with Crippen molar-refractivity contribution in [2.45, 2.75) is 20.9 Å². The van der Waals surface area contributed by atoms with Gasteiger partial charge in [-0.2, -0.15) is 13.2 Å². The molecule has 0 aliphatic rings. The van der Waals surface area contributed by atoms with E-state index in [2.05, 4.69) is 0 Å². The van der Waals surface area contributed by atoms with Gasteiger partial charge < -0.3 is 4.79 Å². The fourth-order valence-corrected chi connectivity index (χ4v) is 5.61. The standard InChI is InChI=1S/C20H15F3O2S/c21-20(22,23)19(24)25-26(16-10-4-1-5-11-16,17-12-6-2-7-13-17)18-14-8-3-9-15-18/h1-15H/p+1. The van der Waals surface area contributed by atoms with E-state index in [1.54, 1.807) is 91.0 Å². The van der Waals surface area contributed by atoms with E-state index in [0.29, 0.717) is 14.7 Å². The third-order valence-corrected chi connectivity index (χ3v) is 6.89. The number of halogens is 3. The molecule has 0 saturated carbocycles. The van der Waals surface area contributed by atoms with Crippen LogP contribution in [0.1, 0.15) is 0 Å². The van der Waals surface area contributed by atoms with E-state index in [1.165, 1.54) is 0 Å². The summed E-state index contributed by atoms with van der Waals surface area (Å²) < 4.78 is 44.8. The Morgan fingerprint density at radius 2 is 0.962 bits per heavy atom. The van der Waals surface area contributed by atoms with Crippen LogP contribution in [0.15, 0.2) is 106 Å². The van der Waals surface area contributed by atoms with Gasteiger partial charge in [-0.15, -0.1) is 0 Å². The first-order valence-corrected chi connectivity index (χ1v) is 9.31. The third kappa shape index (κ3) is 3.46. The lowest BCUT2D eigenvalue weighted by molar-refractivity contribution is -0.0777. The molecule has 3 rings (SSSR count). The van der Waals surface area contributed by atoms with Gasteiger partial charge in [0, 0.05) is 0 Å². The average Bonchev–Trinajstić information content (AvgIpc) is 2.67. The van der Waals surface area contributed by atoms with Crippen LogP contribution in [-0.4, -0.2) is 16.9 Å². The van der Waals surface area contributed by atoms with E-state index in [4.69, 9.17) is 4.18 Å². The van der Waals surface area contributed by atoms with Crippen molar-refractivity contribution in [2.24, 2.45) is 0 Å². The fourth-order valence-electron chi connectivity index (χ4n) is 2.55. The molecule has 3 aromatic carbocycles. The number of hydrogen-bond acceptors (Lipinski definition) is 1. The lowest BCUT2D eigenvalue weighted by atomic mass is 10.4. The van der Waals surface area contributed by atoms with Crippen molar-refractivity contribution in [3.63, 3.8) is 0 Å². The number of rotatable bonds is 4. The maximum atomic E-state index is 13.1. The van der Waals surface area contributed by atoms with Gasteiger partial charge in [0.05, 0.1) is 25.0 Å². The van der Waals surface area contributed by atoms with E-state index in [1.807, 2.05) is 0 Å². The van der Waals surface area contributed by atoms with Gasteiger partial charge in [-0.3, -0.25) is 0 Å². The highest BCUT2D eigenvalue weighted by molar-refractivity contribution is 8.30. The molecular weight excluding hydrogens is 361 g/mol. The average molecular weight is 377 g/mol. The van der Waals surface area contributed by atoms with E-state index in [-0.39, 0.29) is 0 Å². The van der Waals surface area contributed by atoms with Gasteiger partial charge in [-0.1, -0.05) is 54.6 Å². The summed E-state index contributed by atoms with van der Waals surface area (Å²) in [5, 5.41) is 0. The van der Waals surface area contributed by atoms with Gasteiger partial charge in [-0.25, -0.2) is 4.18 Å². The van der Waals surface area contributed by atoms with Crippen LogP contribution in [-0.2, 0) is 4.18 Å². The SMILES string of the molecule is [OH+]=C(OS(c1ccccc1)(c1ccccc1)c1ccccc1)C(F)(F)F. The molecule has 0 amide bonds. The molecule has 0 heterocycles. The van der Waals surface area contributed by atoms with Gasteiger partial charge in [-0.05, 0) is 36.4 Å². The van der Waals surface area contributed by atoms with Crippen molar-refractivity contribution < 1.29 is 22.1 Å². The smallest absolute Gasteiger partial charge is 0.331 e. The van der Waals surface area contributed by atoms with Crippen LogP contribution in [0, 0.1) is 0 Å². The first-order chi connectivity index (χ1) is 12.4. The maximum Gasteiger partial charge on any atom is 0.607 e. The van der Waals surface area contributed by atoms with Gasteiger partial charge in [0.15, 0.2) is 0 Å². The van der Waals surface area contributed by atoms with Crippen LogP contribution in [0.2, 0.25) is 0 Å². The molecule has 0 bridgehead atoms. The van der Waals surface area contributed by atoms with Crippen molar-refractivity contribution in [3.8, 4) is 0 Å². The number of alkyl halides is 3. The molecule has 2 nitrogen and oxygen atoms in total. The van der Waals surface area contributed by atoms with Crippen LogP contribution in [0.25, 0.3) is 0 Å². The Hall–Kier alpha value is -2.73. The second kappa shape index (κ2) is 7.25. The minimum Gasteiger partial charge on any atom is -0.331 e. The number of carbonyl (C=O) groups excluding carboxylic acids is 1. The molecule has 0 radical (unpaired) electrons. The molecule has 0 aliphatic heterocycles. The van der Waals surface area contributed by atoms with Crippen molar-refractivity contribution in [2.75, 3.05) is 0 Å². The Labute approximate surface area is 150 Å². The molecule has 0 atom stereocenters. The second-order valence-corrected chi connectivity index (χ2v) is 8.07. The predicted molar refractivity (Wildman–Crippen MR) is 95.8 cm³/mol. The van der Waals surface area contributed by atoms with Crippen molar-refractivity contribution in [1.82, 2.24) is 0 Å². The van der Waals surface area contributed by atoms with Crippen LogP contribution in [0.3, 0.4) is 0 Å². The lowest BCUT2D eigenvalue weighted by Gasteiger charge is -2.33. The molecule has 0 aromatic heterocycles. The zero-order valence-electron chi connectivity index (χ0n) is 13.6. The van der Waals surface area contributed by atoms with E-state index < -0.39 is 22.5 Å².